The predicted molar refractivity (Wildman–Crippen MR) is 89.8 cm³/mol. The van der Waals surface area contributed by atoms with Crippen LogP contribution >= 0.6 is 28.1 Å². The van der Waals surface area contributed by atoms with Gasteiger partial charge < -0.3 is 10.6 Å². The number of benzene rings is 2. The Morgan fingerprint density at radius 1 is 0.947 bits per heavy atom. The highest BCUT2D eigenvalue weighted by molar-refractivity contribution is 9.10. The molecule has 0 aliphatic rings. The molecule has 2 N–H and O–H groups in total. The molecular formula is C15H15BrN2S. The van der Waals surface area contributed by atoms with Gasteiger partial charge in [0.2, 0.25) is 0 Å². The molecule has 4 heteroatoms. The van der Waals surface area contributed by atoms with Gasteiger partial charge in [0.15, 0.2) is 5.11 Å². The van der Waals surface area contributed by atoms with Crippen molar-refractivity contribution in [2.24, 2.45) is 0 Å². The molecule has 2 nitrogen and oxygen atoms in total. The fourth-order valence-corrected chi connectivity index (χ4v) is 2.15. The fourth-order valence-electron chi connectivity index (χ4n) is 1.65. The summed E-state index contributed by atoms with van der Waals surface area (Å²) >= 11 is 8.68. The lowest BCUT2D eigenvalue weighted by atomic mass is 10.1. The van der Waals surface area contributed by atoms with Crippen molar-refractivity contribution < 1.29 is 0 Å². The molecule has 0 bridgehead atoms. The van der Waals surface area contributed by atoms with Gasteiger partial charge in [0.25, 0.3) is 0 Å². The molecule has 0 radical (unpaired) electrons. The van der Waals surface area contributed by atoms with Crippen LogP contribution in [-0.4, -0.2) is 5.11 Å². The van der Waals surface area contributed by atoms with E-state index >= 15 is 0 Å². The molecule has 2 aromatic carbocycles. The van der Waals surface area contributed by atoms with E-state index in [2.05, 4.69) is 45.6 Å². The minimum Gasteiger partial charge on any atom is -0.332 e. The van der Waals surface area contributed by atoms with Crippen LogP contribution in [0.4, 0.5) is 11.4 Å². The van der Waals surface area contributed by atoms with Gasteiger partial charge >= 0.3 is 0 Å². The van der Waals surface area contributed by atoms with Crippen molar-refractivity contribution in [2.75, 3.05) is 10.6 Å². The van der Waals surface area contributed by atoms with Crippen LogP contribution in [0.25, 0.3) is 0 Å². The summed E-state index contributed by atoms with van der Waals surface area (Å²) in [5, 5.41) is 6.90. The minimum absolute atomic E-state index is 0.589. The Hall–Kier alpha value is -1.39. The molecule has 0 aromatic heterocycles. The zero-order chi connectivity index (χ0) is 13.7. The van der Waals surface area contributed by atoms with Crippen LogP contribution in [0.15, 0.2) is 53.0 Å². The van der Waals surface area contributed by atoms with Crippen molar-refractivity contribution in [1.29, 1.82) is 0 Å². The molecule has 19 heavy (non-hydrogen) atoms. The van der Waals surface area contributed by atoms with E-state index in [0.717, 1.165) is 22.3 Å². The first-order valence-corrected chi connectivity index (χ1v) is 7.30. The Morgan fingerprint density at radius 2 is 1.42 bits per heavy atom. The second-order valence-electron chi connectivity index (χ2n) is 4.14. The Balaban J connectivity index is 1.95. The SMILES string of the molecule is CCc1ccc(NC(=S)Nc2ccc(Br)cc2)cc1. The molecule has 0 spiro atoms. The normalized spacial score (nSPS) is 10.0. The van der Waals surface area contributed by atoms with Gasteiger partial charge in [0, 0.05) is 15.8 Å². The van der Waals surface area contributed by atoms with Gasteiger partial charge in [-0.05, 0) is 60.6 Å². The summed E-state index contributed by atoms with van der Waals surface area (Å²) < 4.78 is 1.05. The van der Waals surface area contributed by atoms with Gasteiger partial charge in [-0.2, -0.15) is 0 Å². The van der Waals surface area contributed by atoms with Crippen LogP contribution < -0.4 is 10.6 Å². The van der Waals surface area contributed by atoms with Crippen LogP contribution in [0.1, 0.15) is 12.5 Å². The first kappa shape index (κ1) is 14.0. The van der Waals surface area contributed by atoms with E-state index in [0.29, 0.717) is 5.11 Å². The monoisotopic (exact) mass is 334 g/mol. The average molecular weight is 335 g/mol. The lowest BCUT2D eigenvalue weighted by Crippen LogP contribution is -2.18. The van der Waals surface area contributed by atoms with Crippen molar-refractivity contribution >= 4 is 44.6 Å². The molecule has 2 aromatic rings. The number of anilines is 2. The molecule has 0 atom stereocenters. The van der Waals surface area contributed by atoms with E-state index in [9.17, 15) is 0 Å². The molecule has 0 saturated heterocycles. The van der Waals surface area contributed by atoms with Crippen LogP contribution in [-0.2, 0) is 6.42 Å². The summed E-state index contributed by atoms with van der Waals surface area (Å²) in [4.78, 5) is 0. The molecule has 0 saturated carbocycles. The van der Waals surface area contributed by atoms with E-state index in [-0.39, 0.29) is 0 Å². The zero-order valence-corrected chi connectivity index (χ0v) is 13.0. The molecule has 0 heterocycles. The van der Waals surface area contributed by atoms with E-state index in [1.807, 2.05) is 36.4 Å². The molecule has 0 fully saturated rings. The Morgan fingerprint density at radius 3 is 1.89 bits per heavy atom. The topological polar surface area (TPSA) is 24.1 Å². The van der Waals surface area contributed by atoms with E-state index < -0.39 is 0 Å². The number of halogens is 1. The van der Waals surface area contributed by atoms with Crippen molar-refractivity contribution in [3.8, 4) is 0 Å². The maximum atomic E-state index is 5.28. The largest absolute Gasteiger partial charge is 0.332 e. The van der Waals surface area contributed by atoms with Gasteiger partial charge in [-0.1, -0.05) is 35.0 Å². The molecule has 2 rings (SSSR count). The van der Waals surface area contributed by atoms with Crippen molar-refractivity contribution in [2.45, 2.75) is 13.3 Å². The summed E-state index contributed by atoms with van der Waals surface area (Å²) in [7, 11) is 0. The second kappa shape index (κ2) is 6.68. The van der Waals surface area contributed by atoms with Crippen molar-refractivity contribution in [3.63, 3.8) is 0 Å². The van der Waals surface area contributed by atoms with Gasteiger partial charge in [-0.3, -0.25) is 0 Å². The summed E-state index contributed by atoms with van der Waals surface area (Å²) in [6.45, 7) is 2.14. The van der Waals surface area contributed by atoms with E-state index in [1.54, 1.807) is 0 Å². The molecule has 0 amide bonds. The Labute approximate surface area is 127 Å². The highest BCUT2D eigenvalue weighted by Gasteiger charge is 1.99. The summed E-state index contributed by atoms with van der Waals surface area (Å²) in [6, 6.07) is 16.2. The first-order chi connectivity index (χ1) is 9.17. The number of hydrogen-bond donors (Lipinski definition) is 2. The standard InChI is InChI=1S/C15H15BrN2S/c1-2-11-3-7-13(8-4-11)17-15(19)18-14-9-5-12(16)6-10-14/h3-10H,2H2,1H3,(H2,17,18,19). The molecule has 0 aliphatic carbocycles. The number of hydrogen-bond acceptors (Lipinski definition) is 1. The van der Waals surface area contributed by atoms with Crippen LogP contribution in [0.5, 0.6) is 0 Å². The molecular weight excluding hydrogens is 320 g/mol. The minimum atomic E-state index is 0.589. The summed E-state index contributed by atoms with van der Waals surface area (Å²) in [6.07, 6.45) is 1.04. The average Bonchev–Trinajstić information content (AvgIpc) is 2.42. The maximum absolute atomic E-state index is 5.28. The third-order valence-electron chi connectivity index (χ3n) is 2.72. The number of thiocarbonyl (C=S) groups is 1. The van der Waals surface area contributed by atoms with Gasteiger partial charge in [-0.25, -0.2) is 0 Å². The van der Waals surface area contributed by atoms with Crippen LogP contribution in [0.2, 0.25) is 0 Å². The maximum Gasteiger partial charge on any atom is 0.175 e. The quantitative estimate of drug-likeness (QED) is 0.787. The zero-order valence-electron chi connectivity index (χ0n) is 10.6. The highest BCUT2D eigenvalue weighted by atomic mass is 79.9. The smallest absolute Gasteiger partial charge is 0.175 e. The predicted octanol–water partition coefficient (Wildman–Crippen LogP) is 4.82. The third-order valence-corrected chi connectivity index (χ3v) is 3.45. The summed E-state index contributed by atoms with van der Waals surface area (Å²) in [5.74, 6) is 0. The Bertz CT molecular complexity index is 549. The molecule has 98 valence electrons. The highest BCUT2D eigenvalue weighted by Crippen LogP contribution is 2.15. The fraction of sp³-hybridized carbons (Fsp3) is 0.133. The number of rotatable bonds is 3. The van der Waals surface area contributed by atoms with Gasteiger partial charge in [-0.15, -0.1) is 0 Å². The van der Waals surface area contributed by atoms with E-state index in [4.69, 9.17) is 12.2 Å². The lowest BCUT2D eigenvalue weighted by molar-refractivity contribution is 1.14. The second-order valence-corrected chi connectivity index (χ2v) is 5.46. The Kier molecular flexibility index (Phi) is 4.93. The van der Waals surface area contributed by atoms with E-state index in [1.165, 1.54) is 5.56 Å². The lowest BCUT2D eigenvalue weighted by Gasteiger charge is -2.11. The molecule has 0 aliphatic heterocycles. The molecule has 0 unspecified atom stereocenters. The first-order valence-electron chi connectivity index (χ1n) is 6.10. The van der Waals surface area contributed by atoms with Crippen LogP contribution in [0, 0.1) is 0 Å². The summed E-state index contributed by atoms with van der Waals surface area (Å²) in [5.41, 5.74) is 3.27. The number of aryl methyl sites for hydroxylation is 1. The number of nitrogens with one attached hydrogen (secondary N) is 2. The van der Waals surface area contributed by atoms with Crippen molar-refractivity contribution in [1.82, 2.24) is 0 Å². The van der Waals surface area contributed by atoms with Gasteiger partial charge in [0.05, 0.1) is 0 Å². The third kappa shape index (κ3) is 4.33. The van der Waals surface area contributed by atoms with Crippen LogP contribution in [0.3, 0.4) is 0 Å². The van der Waals surface area contributed by atoms with Crippen molar-refractivity contribution in [3.05, 3.63) is 58.6 Å². The van der Waals surface area contributed by atoms with Gasteiger partial charge in [0.1, 0.15) is 0 Å².